The number of esters is 2. The van der Waals surface area contributed by atoms with E-state index < -0.39 is 35.2 Å². The molecule has 0 amide bonds. The Morgan fingerprint density at radius 3 is 1.35 bits per heavy atom. The smallest absolute Gasteiger partial charge is 0.321 e. The number of aliphatic carboxylic acids is 2. The van der Waals surface area contributed by atoms with Gasteiger partial charge in [0, 0.05) is 11.9 Å². The van der Waals surface area contributed by atoms with Gasteiger partial charge in [-0.15, -0.1) is 0 Å². The van der Waals surface area contributed by atoms with E-state index in [-0.39, 0.29) is 33.7 Å². The van der Waals surface area contributed by atoms with Gasteiger partial charge in [-0.2, -0.15) is 0 Å². The molecule has 0 aliphatic carbocycles. The van der Waals surface area contributed by atoms with Crippen molar-refractivity contribution >= 4 is 61.4 Å². The minimum Gasteiger partial charge on any atom is -0.480 e. The van der Waals surface area contributed by atoms with E-state index in [1.54, 1.807) is 26.8 Å². The number of rotatable bonds is 9. The highest BCUT2D eigenvalue weighted by molar-refractivity contribution is 9.08. The molecule has 0 saturated carbocycles. The maximum absolute atomic E-state index is 11.2. The minimum atomic E-state index is -1.81. The van der Waals surface area contributed by atoms with E-state index in [4.69, 9.17) is 15.3 Å². The van der Waals surface area contributed by atoms with Crippen LogP contribution in [0.4, 0.5) is 0 Å². The molecular weight excluding hydrogens is 728 g/mol. The van der Waals surface area contributed by atoms with E-state index in [1.807, 2.05) is 37.3 Å². The van der Waals surface area contributed by atoms with Crippen LogP contribution in [0, 0.1) is 25.2 Å². The highest BCUT2D eigenvalue weighted by Crippen LogP contribution is 2.26. The second-order valence-electron chi connectivity index (χ2n) is 11.9. The number of halogens is 1. The molecule has 0 aliphatic heterocycles. The number of aliphatic hydroxyl groups excluding tert-OH is 1. The standard InChI is InChI=1S/C16H16O4.C12H11Br.C8H14O4.C3H8.C2H6O.CH4/c1-10-3-5-13-8-11(4-6-12(13)7-10)9-16(2,14(17)18)15(19)20;1-9-2-4-12-7-10(8-13)3-5-11(12)6-9;1-4-11-7(9)6(3)8(10)12-5-2;1-3-2;1-2-3;/h3-8H,9H2,1-2H3,(H,17,18)(H,19,20);2-7H,8H2,1H3;6H,4-5H2,1-3H3;3H2,1-2H3;3H,2H2,1H3;1H4. The van der Waals surface area contributed by atoms with Crippen molar-refractivity contribution in [2.45, 2.75) is 87.9 Å². The number of benzene rings is 4. The normalized spacial score (nSPS) is 10.0. The number of alkyl halides is 1. The maximum atomic E-state index is 11.2. The van der Waals surface area contributed by atoms with Crippen LogP contribution in [0.2, 0.25) is 0 Å². The van der Waals surface area contributed by atoms with Gasteiger partial charge in [0.25, 0.3) is 0 Å². The van der Waals surface area contributed by atoms with Crippen molar-refractivity contribution in [1.82, 2.24) is 0 Å². The number of ether oxygens (including phenoxy) is 2. The lowest BCUT2D eigenvalue weighted by Crippen LogP contribution is -2.38. The van der Waals surface area contributed by atoms with E-state index in [0.717, 1.165) is 21.7 Å². The largest absolute Gasteiger partial charge is 0.480 e. The van der Waals surface area contributed by atoms with Crippen LogP contribution in [0.25, 0.3) is 21.5 Å². The quantitative estimate of drug-likeness (QED) is 0.0857. The van der Waals surface area contributed by atoms with Crippen molar-refractivity contribution in [3.63, 3.8) is 0 Å². The summed E-state index contributed by atoms with van der Waals surface area (Å²) in [4.78, 5) is 44.3. The van der Waals surface area contributed by atoms with Gasteiger partial charge in [-0.05, 0) is 87.6 Å². The number of carboxylic acid groups (broad SMARTS) is 2. The summed E-state index contributed by atoms with van der Waals surface area (Å²) in [5.74, 6) is -4.53. The summed E-state index contributed by atoms with van der Waals surface area (Å²) >= 11 is 3.46. The van der Waals surface area contributed by atoms with Gasteiger partial charge in [0.1, 0.15) is 0 Å². The van der Waals surface area contributed by atoms with E-state index >= 15 is 0 Å². The van der Waals surface area contributed by atoms with Crippen LogP contribution in [0.5, 0.6) is 0 Å². The molecule has 10 heteroatoms. The van der Waals surface area contributed by atoms with Crippen molar-refractivity contribution in [3.05, 3.63) is 95.1 Å². The maximum Gasteiger partial charge on any atom is 0.321 e. The number of carboxylic acids is 2. The number of hydrogen-bond acceptors (Lipinski definition) is 7. The van der Waals surface area contributed by atoms with Gasteiger partial charge >= 0.3 is 23.9 Å². The number of aryl methyl sites for hydroxylation is 2. The van der Waals surface area contributed by atoms with Gasteiger partial charge in [-0.1, -0.05) is 128 Å². The van der Waals surface area contributed by atoms with Crippen LogP contribution in [-0.4, -0.2) is 59.0 Å². The first-order valence-electron chi connectivity index (χ1n) is 17.0. The molecule has 0 aromatic heterocycles. The molecule has 0 radical (unpaired) electrons. The molecule has 52 heavy (non-hydrogen) atoms. The molecule has 0 saturated heterocycles. The predicted octanol–water partition coefficient (Wildman–Crippen LogP) is 9.71. The fraction of sp³-hybridized carbons (Fsp3) is 0.429. The molecule has 4 aromatic carbocycles. The molecule has 0 unspecified atom stereocenters. The number of aliphatic hydroxyl groups is 1. The Morgan fingerprint density at radius 1 is 0.673 bits per heavy atom. The molecule has 0 bridgehead atoms. The monoisotopic (exact) mass is 786 g/mol. The van der Waals surface area contributed by atoms with Crippen LogP contribution in [0.3, 0.4) is 0 Å². The Kier molecular flexibility index (Phi) is 25.4. The Hall–Kier alpha value is -4.28. The molecule has 4 rings (SSSR count). The average Bonchev–Trinajstić information content (AvgIpc) is 3.09. The third-order valence-corrected chi connectivity index (χ3v) is 7.70. The zero-order valence-electron chi connectivity index (χ0n) is 31.4. The van der Waals surface area contributed by atoms with E-state index in [0.29, 0.717) is 5.56 Å². The molecule has 0 atom stereocenters. The number of carbonyl (C=O) groups excluding carboxylic acids is 2. The fourth-order valence-corrected chi connectivity index (χ4v) is 4.65. The first-order valence-corrected chi connectivity index (χ1v) is 18.2. The molecule has 0 fully saturated rings. The Morgan fingerprint density at radius 2 is 1.00 bits per heavy atom. The van der Waals surface area contributed by atoms with Gasteiger partial charge in [0.2, 0.25) is 0 Å². The summed E-state index contributed by atoms with van der Waals surface area (Å²) in [5, 5.41) is 31.4. The van der Waals surface area contributed by atoms with Gasteiger partial charge in [0.15, 0.2) is 11.3 Å². The van der Waals surface area contributed by atoms with Crippen molar-refractivity contribution in [1.29, 1.82) is 0 Å². The summed E-state index contributed by atoms with van der Waals surface area (Å²) in [6.07, 6.45) is 1.21. The van der Waals surface area contributed by atoms with Crippen LogP contribution in [0.15, 0.2) is 72.8 Å². The third kappa shape index (κ3) is 17.3. The van der Waals surface area contributed by atoms with Crippen molar-refractivity contribution in [2.24, 2.45) is 11.3 Å². The molecule has 0 spiro atoms. The van der Waals surface area contributed by atoms with Crippen LogP contribution in [0.1, 0.15) is 84.6 Å². The topological polar surface area (TPSA) is 147 Å². The Balaban J connectivity index is 0. The van der Waals surface area contributed by atoms with Crippen LogP contribution in [-0.2, 0) is 40.4 Å². The van der Waals surface area contributed by atoms with Gasteiger partial charge < -0.3 is 24.8 Å². The van der Waals surface area contributed by atoms with Crippen LogP contribution >= 0.6 is 15.9 Å². The number of carbonyl (C=O) groups is 4. The molecule has 0 aliphatic rings. The first kappa shape index (κ1) is 49.8. The summed E-state index contributed by atoms with van der Waals surface area (Å²) in [7, 11) is 0. The molecule has 9 nitrogen and oxygen atoms in total. The molecule has 0 heterocycles. The first-order chi connectivity index (χ1) is 24.1. The van der Waals surface area contributed by atoms with Gasteiger partial charge in [0.05, 0.1) is 13.2 Å². The zero-order valence-corrected chi connectivity index (χ0v) is 33.0. The lowest BCUT2D eigenvalue weighted by Gasteiger charge is -2.19. The summed E-state index contributed by atoms with van der Waals surface area (Å²) in [6, 6.07) is 24.6. The lowest BCUT2D eigenvalue weighted by atomic mass is 9.83. The van der Waals surface area contributed by atoms with E-state index in [2.05, 4.69) is 82.6 Å². The minimum absolute atomic E-state index is 0. The van der Waals surface area contributed by atoms with Gasteiger partial charge in [-0.3, -0.25) is 19.2 Å². The Labute approximate surface area is 318 Å². The third-order valence-electron chi connectivity index (χ3n) is 7.06. The van der Waals surface area contributed by atoms with Crippen molar-refractivity contribution < 1.29 is 44.0 Å². The molecule has 4 aromatic rings. The SMILES string of the molecule is C.CCC.CCO.CCOC(=O)C(C)C(=O)OCC.Cc1ccc2cc(CBr)ccc2c1.Cc1ccc2cc(CC(C)(C(=O)O)C(=O)O)ccc2c1. The van der Waals surface area contributed by atoms with Crippen molar-refractivity contribution in [2.75, 3.05) is 19.8 Å². The second kappa shape index (κ2) is 26.5. The summed E-state index contributed by atoms with van der Waals surface area (Å²) < 4.78 is 9.26. The van der Waals surface area contributed by atoms with E-state index in [1.165, 1.54) is 42.2 Å². The summed E-state index contributed by atoms with van der Waals surface area (Å²) in [5.41, 5.74) is 2.69. The second-order valence-corrected chi connectivity index (χ2v) is 12.4. The summed E-state index contributed by atoms with van der Waals surface area (Å²) in [6.45, 7) is 16.9. The average molecular weight is 788 g/mol. The fourth-order valence-electron chi connectivity index (χ4n) is 4.30. The Bertz CT molecular complexity index is 1650. The number of hydrogen-bond donors (Lipinski definition) is 3. The molecular formula is C42H59BrO9. The predicted molar refractivity (Wildman–Crippen MR) is 215 cm³/mol. The number of fused-ring (bicyclic) bond motifs is 2. The lowest BCUT2D eigenvalue weighted by molar-refractivity contribution is -0.164. The highest BCUT2D eigenvalue weighted by atomic mass is 79.9. The highest BCUT2D eigenvalue weighted by Gasteiger charge is 2.41. The van der Waals surface area contributed by atoms with E-state index in [9.17, 15) is 19.2 Å². The molecule has 3 N–H and O–H groups in total. The van der Waals surface area contributed by atoms with Gasteiger partial charge in [-0.25, -0.2) is 0 Å². The van der Waals surface area contributed by atoms with Crippen LogP contribution < -0.4 is 0 Å². The van der Waals surface area contributed by atoms with Crippen molar-refractivity contribution in [3.8, 4) is 0 Å². The zero-order chi connectivity index (χ0) is 39.1. The molecule has 288 valence electrons.